The molecule has 0 unspecified atom stereocenters. The first-order valence-corrected chi connectivity index (χ1v) is 9.18. The van der Waals surface area contributed by atoms with Crippen LogP contribution < -0.4 is 15.1 Å². The molecule has 7 heteroatoms. The van der Waals surface area contributed by atoms with Crippen LogP contribution in [0.3, 0.4) is 0 Å². The second-order valence-electron chi connectivity index (χ2n) is 6.63. The Bertz CT molecular complexity index is 876. The summed E-state index contributed by atoms with van der Waals surface area (Å²) in [6.07, 6.45) is 3.51. The molecule has 7 nitrogen and oxygen atoms in total. The average molecular weight is 361 g/mol. The molecule has 0 atom stereocenters. The molecule has 0 spiro atoms. The highest BCUT2D eigenvalue weighted by molar-refractivity contribution is 5.51. The Morgan fingerprint density at radius 1 is 1.00 bits per heavy atom. The van der Waals surface area contributed by atoms with Crippen LogP contribution in [0.5, 0.6) is 0 Å². The first-order chi connectivity index (χ1) is 13.3. The van der Waals surface area contributed by atoms with Gasteiger partial charge in [0.1, 0.15) is 0 Å². The zero-order valence-electron chi connectivity index (χ0n) is 15.4. The fourth-order valence-corrected chi connectivity index (χ4v) is 3.21. The second-order valence-corrected chi connectivity index (χ2v) is 6.63. The second kappa shape index (κ2) is 7.99. The molecule has 0 radical (unpaired) electrons. The van der Waals surface area contributed by atoms with E-state index >= 15 is 0 Å². The van der Waals surface area contributed by atoms with Crippen LogP contribution in [0, 0.1) is 6.92 Å². The smallest absolute Gasteiger partial charge is 0.245 e. The van der Waals surface area contributed by atoms with E-state index in [1.54, 1.807) is 12.4 Å². The van der Waals surface area contributed by atoms with E-state index in [1.807, 2.05) is 18.2 Å². The summed E-state index contributed by atoms with van der Waals surface area (Å²) in [6.45, 7) is 6.45. The van der Waals surface area contributed by atoms with Gasteiger partial charge in [-0.1, -0.05) is 18.2 Å². The van der Waals surface area contributed by atoms with Crippen LogP contribution in [0.4, 0.5) is 17.5 Å². The van der Waals surface area contributed by atoms with Gasteiger partial charge in [-0.15, -0.1) is 5.10 Å². The van der Waals surface area contributed by atoms with Gasteiger partial charge in [0.2, 0.25) is 5.95 Å². The molecule has 1 aliphatic heterocycles. The van der Waals surface area contributed by atoms with Crippen LogP contribution in [0.25, 0.3) is 0 Å². The summed E-state index contributed by atoms with van der Waals surface area (Å²) in [5, 5.41) is 11.4. The highest BCUT2D eigenvalue weighted by Crippen LogP contribution is 2.20. The van der Waals surface area contributed by atoms with Crippen molar-refractivity contribution in [1.29, 1.82) is 0 Å². The normalized spacial score (nSPS) is 14.3. The van der Waals surface area contributed by atoms with Crippen molar-refractivity contribution >= 4 is 17.5 Å². The van der Waals surface area contributed by atoms with Gasteiger partial charge in [0.05, 0.1) is 18.4 Å². The molecule has 4 rings (SSSR count). The molecule has 3 aromatic rings. The minimum Gasteiger partial charge on any atom is -0.368 e. The summed E-state index contributed by atoms with van der Waals surface area (Å²) in [7, 11) is 0. The van der Waals surface area contributed by atoms with Crippen molar-refractivity contribution in [2.24, 2.45) is 0 Å². The third-order valence-electron chi connectivity index (χ3n) is 4.67. The largest absolute Gasteiger partial charge is 0.368 e. The molecule has 27 heavy (non-hydrogen) atoms. The number of rotatable bonds is 5. The van der Waals surface area contributed by atoms with Crippen molar-refractivity contribution in [3.8, 4) is 0 Å². The van der Waals surface area contributed by atoms with Crippen molar-refractivity contribution in [3.63, 3.8) is 0 Å². The molecular weight excluding hydrogens is 338 g/mol. The van der Waals surface area contributed by atoms with E-state index in [0.717, 1.165) is 37.7 Å². The van der Waals surface area contributed by atoms with Crippen molar-refractivity contribution in [2.75, 3.05) is 41.3 Å². The summed E-state index contributed by atoms with van der Waals surface area (Å²) >= 11 is 0. The van der Waals surface area contributed by atoms with Gasteiger partial charge >= 0.3 is 0 Å². The SMILES string of the molecule is Cc1cccc(N2CCN(c3cnnc(NCc4ccccn4)n3)CC2)c1. The molecule has 2 aromatic heterocycles. The zero-order valence-corrected chi connectivity index (χ0v) is 15.4. The van der Waals surface area contributed by atoms with E-state index < -0.39 is 0 Å². The number of hydrogen-bond donors (Lipinski definition) is 1. The lowest BCUT2D eigenvalue weighted by molar-refractivity contribution is 0.644. The van der Waals surface area contributed by atoms with Crippen LogP contribution >= 0.6 is 0 Å². The minimum atomic E-state index is 0.527. The van der Waals surface area contributed by atoms with Crippen molar-refractivity contribution in [2.45, 2.75) is 13.5 Å². The molecule has 0 aliphatic carbocycles. The van der Waals surface area contributed by atoms with Gasteiger partial charge in [-0.25, -0.2) is 0 Å². The standard InChI is InChI=1S/C20H23N7/c1-16-5-4-7-18(13-16)26-9-11-27(12-10-26)19-15-23-25-20(24-19)22-14-17-6-2-3-8-21-17/h2-8,13,15H,9-12,14H2,1H3,(H,22,24,25). The number of nitrogens with zero attached hydrogens (tertiary/aromatic N) is 6. The lowest BCUT2D eigenvalue weighted by Gasteiger charge is -2.36. The number of benzene rings is 1. The summed E-state index contributed by atoms with van der Waals surface area (Å²) in [6, 6.07) is 14.5. The van der Waals surface area contributed by atoms with Gasteiger partial charge in [-0.3, -0.25) is 4.98 Å². The first kappa shape index (κ1) is 17.2. The Morgan fingerprint density at radius 2 is 1.85 bits per heavy atom. The van der Waals surface area contributed by atoms with Crippen molar-refractivity contribution in [1.82, 2.24) is 20.2 Å². The van der Waals surface area contributed by atoms with Gasteiger partial charge < -0.3 is 15.1 Å². The van der Waals surface area contributed by atoms with Crippen LogP contribution in [-0.2, 0) is 6.54 Å². The minimum absolute atomic E-state index is 0.527. The van der Waals surface area contributed by atoms with Gasteiger partial charge in [-0.2, -0.15) is 10.1 Å². The Hall–Kier alpha value is -3.22. The third kappa shape index (κ3) is 4.31. The zero-order chi connectivity index (χ0) is 18.5. The summed E-state index contributed by atoms with van der Waals surface area (Å²) in [4.78, 5) is 13.6. The van der Waals surface area contributed by atoms with Gasteiger partial charge in [0.15, 0.2) is 5.82 Å². The third-order valence-corrected chi connectivity index (χ3v) is 4.67. The van der Waals surface area contributed by atoms with Crippen LogP contribution in [0.2, 0.25) is 0 Å². The summed E-state index contributed by atoms with van der Waals surface area (Å²) in [5.74, 6) is 1.39. The molecule has 1 saturated heterocycles. The Labute approximate surface area is 159 Å². The molecule has 1 aliphatic rings. The number of piperazine rings is 1. The fraction of sp³-hybridized carbons (Fsp3) is 0.300. The van der Waals surface area contributed by atoms with Gasteiger partial charge in [0, 0.05) is 38.1 Å². The number of pyridine rings is 1. The summed E-state index contributed by atoms with van der Waals surface area (Å²) in [5.41, 5.74) is 3.52. The number of aryl methyl sites for hydroxylation is 1. The maximum absolute atomic E-state index is 4.62. The topological polar surface area (TPSA) is 70.1 Å². The molecule has 0 bridgehead atoms. The Kier molecular flexibility index (Phi) is 5.09. The molecule has 1 aromatic carbocycles. The highest BCUT2D eigenvalue weighted by Gasteiger charge is 2.19. The van der Waals surface area contributed by atoms with E-state index in [1.165, 1.54) is 11.3 Å². The monoisotopic (exact) mass is 361 g/mol. The van der Waals surface area contributed by atoms with Crippen molar-refractivity contribution < 1.29 is 0 Å². The molecule has 1 N–H and O–H groups in total. The lowest BCUT2D eigenvalue weighted by Crippen LogP contribution is -2.47. The van der Waals surface area contributed by atoms with Gasteiger partial charge in [0.25, 0.3) is 0 Å². The fourth-order valence-electron chi connectivity index (χ4n) is 3.21. The Morgan fingerprint density at radius 3 is 2.63 bits per heavy atom. The molecule has 0 saturated carbocycles. The van der Waals surface area contributed by atoms with E-state index in [-0.39, 0.29) is 0 Å². The van der Waals surface area contributed by atoms with E-state index in [2.05, 4.69) is 66.5 Å². The van der Waals surface area contributed by atoms with Crippen LogP contribution in [0.1, 0.15) is 11.3 Å². The van der Waals surface area contributed by atoms with Crippen LogP contribution in [0.15, 0.2) is 54.9 Å². The highest BCUT2D eigenvalue weighted by atomic mass is 15.3. The Balaban J connectivity index is 1.37. The van der Waals surface area contributed by atoms with E-state index in [4.69, 9.17) is 0 Å². The number of aromatic nitrogens is 4. The molecule has 138 valence electrons. The maximum atomic E-state index is 4.62. The molecular formula is C20H23N7. The summed E-state index contributed by atoms with van der Waals surface area (Å²) < 4.78 is 0. The lowest BCUT2D eigenvalue weighted by atomic mass is 10.2. The number of hydrogen-bond acceptors (Lipinski definition) is 7. The average Bonchev–Trinajstić information content (AvgIpc) is 2.73. The van der Waals surface area contributed by atoms with Crippen LogP contribution in [-0.4, -0.2) is 46.3 Å². The van der Waals surface area contributed by atoms with E-state index in [9.17, 15) is 0 Å². The number of anilines is 3. The van der Waals surface area contributed by atoms with Gasteiger partial charge in [-0.05, 0) is 36.8 Å². The molecule has 0 amide bonds. The first-order valence-electron chi connectivity index (χ1n) is 9.18. The maximum Gasteiger partial charge on any atom is 0.245 e. The molecule has 3 heterocycles. The quantitative estimate of drug-likeness (QED) is 0.749. The molecule has 1 fully saturated rings. The predicted molar refractivity (Wildman–Crippen MR) is 107 cm³/mol. The van der Waals surface area contributed by atoms with Crippen molar-refractivity contribution in [3.05, 3.63) is 66.1 Å². The predicted octanol–water partition coefficient (Wildman–Crippen LogP) is 2.51. The number of nitrogens with one attached hydrogen (secondary N) is 1. The van der Waals surface area contributed by atoms with E-state index in [0.29, 0.717) is 12.5 Å².